The van der Waals surface area contributed by atoms with Gasteiger partial charge < -0.3 is 4.74 Å². The minimum atomic E-state index is -0.609. The highest BCUT2D eigenvalue weighted by atomic mass is 19.1. The van der Waals surface area contributed by atoms with Crippen LogP contribution in [0.2, 0.25) is 0 Å². The molecule has 0 saturated heterocycles. The Labute approximate surface area is 78.9 Å². The van der Waals surface area contributed by atoms with Gasteiger partial charge in [-0.15, -0.1) is 0 Å². The highest BCUT2D eigenvalue weighted by Gasteiger charge is 2.14. The Kier molecular flexibility index (Phi) is 1.92. The first-order valence-electron chi connectivity index (χ1n) is 3.94. The van der Waals surface area contributed by atoms with Crippen molar-refractivity contribution in [1.29, 1.82) is 0 Å². The number of fused-ring (bicyclic) bond motifs is 1. The minimum Gasteiger partial charge on any atom is -0.464 e. The Morgan fingerprint density at radius 1 is 1.57 bits per heavy atom. The van der Waals surface area contributed by atoms with E-state index in [0.29, 0.717) is 5.65 Å². The minimum absolute atomic E-state index is 0.0839. The van der Waals surface area contributed by atoms with E-state index < -0.39 is 11.9 Å². The highest BCUT2D eigenvalue weighted by molar-refractivity contribution is 5.88. The van der Waals surface area contributed by atoms with Crippen LogP contribution in [0, 0.1) is 5.95 Å². The number of hydrogen-bond donors (Lipinski definition) is 0. The Balaban J connectivity index is 2.73. The van der Waals surface area contributed by atoms with E-state index in [2.05, 4.69) is 9.72 Å². The monoisotopic (exact) mass is 194 g/mol. The van der Waals surface area contributed by atoms with Crippen LogP contribution in [0.3, 0.4) is 0 Å². The summed E-state index contributed by atoms with van der Waals surface area (Å²) in [7, 11) is 1.24. The number of imidazole rings is 1. The van der Waals surface area contributed by atoms with E-state index in [0.717, 1.165) is 4.40 Å². The van der Waals surface area contributed by atoms with Crippen LogP contribution < -0.4 is 0 Å². The van der Waals surface area contributed by atoms with Crippen molar-refractivity contribution in [1.82, 2.24) is 9.38 Å². The van der Waals surface area contributed by atoms with E-state index in [4.69, 9.17) is 0 Å². The zero-order chi connectivity index (χ0) is 10.1. The number of halogens is 1. The van der Waals surface area contributed by atoms with E-state index in [1.54, 1.807) is 6.07 Å². The van der Waals surface area contributed by atoms with Crippen molar-refractivity contribution in [3.8, 4) is 0 Å². The predicted molar refractivity (Wildman–Crippen MR) is 46.5 cm³/mol. The Bertz CT molecular complexity index is 493. The van der Waals surface area contributed by atoms with Crippen LogP contribution >= 0.6 is 0 Å². The normalized spacial score (nSPS) is 10.4. The number of rotatable bonds is 1. The number of methoxy groups -OCH3 is 1. The first kappa shape index (κ1) is 8.68. The summed E-state index contributed by atoms with van der Waals surface area (Å²) in [5, 5.41) is 0. The van der Waals surface area contributed by atoms with Gasteiger partial charge in [-0.3, -0.25) is 4.40 Å². The van der Waals surface area contributed by atoms with Gasteiger partial charge in [0.1, 0.15) is 5.65 Å². The van der Waals surface area contributed by atoms with Crippen molar-refractivity contribution >= 4 is 11.6 Å². The van der Waals surface area contributed by atoms with Crippen molar-refractivity contribution in [2.75, 3.05) is 7.11 Å². The first-order valence-corrected chi connectivity index (χ1v) is 3.94. The maximum absolute atomic E-state index is 13.3. The second-order valence-electron chi connectivity index (χ2n) is 2.68. The zero-order valence-electron chi connectivity index (χ0n) is 7.40. The SMILES string of the molecule is COC(=O)c1cnc2cccc(F)n12. The van der Waals surface area contributed by atoms with Gasteiger partial charge in [-0.25, -0.2) is 9.78 Å². The number of esters is 1. The molecule has 0 atom stereocenters. The molecule has 0 amide bonds. The lowest BCUT2D eigenvalue weighted by Gasteiger charge is -2.00. The van der Waals surface area contributed by atoms with Crippen molar-refractivity contribution in [3.63, 3.8) is 0 Å². The smallest absolute Gasteiger partial charge is 0.356 e. The predicted octanol–water partition coefficient (Wildman–Crippen LogP) is 1.26. The Hall–Kier alpha value is -1.91. The van der Waals surface area contributed by atoms with Crippen molar-refractivity contribution in [2.24, 2.45) is 0 Å². The molecule has 0 aliphatic heterocycles. The van der Waals surface area contributed by atoms with Gasteiger partial charge in [0.2, 0.25) is 0 Å². The number of carbonyl (C=O) groups is 1. The molecule has 0 aliphatic rings. The van der Waals surface area contributed by atoms with Gasteiger partial charge >= 0.3 is 5.97 Å². The first-order chi connectivity index (χ1) is 6.74. The molecule has 0 aliphatic carbocycles. The Morgan fingerprint density at radius 3 is 3.07 bits per heavy atom. The fraction of sp³-hybridized carbons (Fsp3) is 0.111. The molecule has 72 valence electrons. The molecule has 2 rings (SSSR count). The van der Waals surface area contributed by atoms with E-state index in [1.165, 1.54) is 25.4 Å². The quantitative estimate of drug-likeness (QED) is 0.507. The number of aromatic nitrogens is 2. The van der Waals surface area contributed by atoms with Gasteiger partial charge in [0.25, 0.3) is 0 Å². The maximum Gasteiger partial charge on any atom is 0.356 e. The van der Waals surface area contributed by atoms with Crippen LogP contribution in [-0.2, 0) is 4.74 Å². The summed E-state index contributed by atoms with van der Waals surface area (Å²) >= 11 is 0. The van der Waals surface area contributed by atoms with Crippen molar-refractivity contribution < 1.29 is 13.9 Å². The second kappa shape index (κ2) is 3.10. The standard InChI is InChI=1S/C9H7FN2O2/c1-14-9(13)6-5-11-8-4-2-3-7(10)12(6)8/h2-5H,1H3. The van der Waals surface area contributed by atoms with Gasteiger partial charge in [-0.2, -0.15) is 4.39 Å². The molecule has 5 heteroatoms. The van der Waals surface area contributed by atoms with E-state index in [1.807, 2.05) is 0 Å². The van der Waals surface area contributed by atoms with Gasteiger partial charge in [0.15, 0.2) is 11.6 Å². The molecular formula is C9H7FN2O2. The molecular weight excluding hydrogens is 187 g/mol. The number of ether oxygens (including phenoxy) is 1. The van der Waals surface area contributed by atoms with Crippen molar-refractivity contribution in [3.05, 3.63) is 36.0 Å². The molecule has 0 N–H and O–H groups in total. The van der Waals surface area contributed by atoms with Crippen LogP contribution in [0.25, 0.3) is 5.65 Å². The third-order valence-electron chi connectivity index (χ3n) is 1.88. The largest absolute Gasteiger partial charge is 0.464 e. The fourth-order valence-corrected chi connectivity index (χ4v) is 1.24. The van der Waals surface area contributed by atoms with E-state index in [-0.39, 0.29) is 5.69 Å². The molecule has 0 saturated carbocycles. The van der Waals surface area contributed by atoms with E-state index >= 15 is 0 Å². The average molecular weight is 194 g/mol. The maximum atomic E-state index is 13.3. The summed E-state index contributed by atoms with van der Waals surface area (Å²) in [5.74, 6) is -1.15. The molecule has 0 radical (unpaired) electrons. The molecule has 0 fully saturated rings. The summed E-state index contributed by atoms with van der Waals surface area (Å²) in [4.78, 5) is 15.1. The summed E-state index contributed by atoms with van der Waals surface area (Å²) in [6.07, 6.45) is 1.28. The summed E-state index contributed by atoms with van der Waals surface area (Å²) in [5.41, 5.74) is 0.464. The molecule has 14 heavy (non-hydrogen) atoms. The molecule has 0 spiro atoms. The van der Waals surface area contributed by atoms with Gasteiger partial charge in [0.05, 0.1) is 13.3 Å². The molecule has 2 aromatic rings. The van der Waals surface area contributed by atoms with Crippen LogP contribution in [0.5, 0.6) is 0 Å². The average Bonchev–Trinajstić information content (AvgIpc) is 2.62. The van der Waals surface area contributed by atoms with E-state index in [9.17, 15) is 9.18 Å². The lowest BCUT2D eigenvalue weighted by molar-refractivity contribution is 0.0591. The number of carbonyl (C=O) groups excluding carboxylic acids is 1. The number of pyridine rings is 1. The molecule has 0 unspecified atom stereocenters. The van der Waals surface area contributed by atoms with Crippen LogP contribution in [-0.4, -0.2) is 22.5 Å². The number of nitrogens with zero attached hydrogens (tertiary/aromatic N) is 2. The summed E-state index contributed by atoms with van der Waals surface area (Å²) in [6.45, 7) is 0. The summed E-state index contributed by atoms with van der Waals surface area (Å²) < 4.78 is 18.9. The van der Waals surface area contributed by atoms with Crippen LogP contribution in [0.1, 0.15) is 10.5 Å². The third-order valence-corrected chi connectivity index (χ3v) is 1.88. The third kappa shape index (κ3) is 1.14. The van der Waals surface area contributed by atoms with Crippen LogP contribution in [0.15, 0.2) is 24.4 Å². The fourth-order valence-electron chi connectivity index (χ4n) is 1.24. The Morgan fingerprint density at radius 2 is 2.36 bits per heavy atom. The molecule has 2 heterocycles. The summed E-state index contributed by atoms with van der Waals surface area (Å²) in [6, 6.07) is 4.38. The highest BCUT2D eigenvalue weighted by Crippen LogP contribution is 2.10. The lowest BCUT2D eigenvalue weighted by atomic mass is 10.4. The number of hydrogen-bond acceptors (Lipinski definition) is 3. The molecule has 2 aromatic heterocycles. The lowest BCUT2D eigenvalue weighted by Crippen LogP contribution is -2.07. The topological polar surface area (TPSA) is 43.6 Å². The second-order valence-corrected chi connectivity index (χ2v) is 2.68. The van der Waals surface area contributed by atoms with Gasteiger partial charge in [-0.05, 0) is 12.1 Å². The van der Waals surface area contributed by atoms with Gasteiger partial charge in [-0.1, -0.05) is 6.07 Å². The molecule has 0 aromatic carbocycles. The van der Waals surface area contributed by atoms with Gasteiger partial charge in [0, 0.05) is 0 Å². The molecule has 0 bridgehead atoms. The van der Waals surface area contributed by atoms with Crippen LogP contribution in [0.4, 0.5) is 4.39 Å². The zero-order valence-corrected chi connectivity index (χ0v) is 7.40. The van der Waals surface area contributed by atoms with Crippen molar-refractivity contribution in [2.45, 2.75) is 0 Å². The molecule has 4 nitrogen and oxygen atoms in total.